The van der Waals surface area contributed by atoms with Gasteiger partial charge in [-0.1, -0.05) is 18.2 Å². The summed E-state index contributed by atoms with van der Waals surface area (Å²) in [6.45, 7) is 5.83. The highest BCUT2D eigenvalue weighted by atomic mass is 14.9. The van der Waals surface area contributed by atoms with E-state index >= 15 is 0 Å². The average molecular weight is 163 g/mol. The summed E-state index contributed by atoms with van der Waals surface area (Å²) in [5, 5.41) is 3.41. The fourth-order valence-corrected chi connectivity index (χ4v) is 2.50. The van der Waals surface area contributed by atoms with Crippen molar-refractivity contribution in [3.63, 3.8) is 0 Å². The average Bonchev–Trinajstić information content (AvgIpc) is 2.65. The van der Waals surface area contributed by atoms with Gasteiger partial charge in [-0.25, -0.2) is 0 Å². The molecule has 1 N–H and O–H groups in total. The van der Waals surface area contributed by atoms with Gasteiger partial charge < -0.3 is 5.32 Å². The van der Waals surface area contributed by atoms with Crippen molar-refractivity contribution in [3.05, 3.63) is 24.8 Å². The third-order valence-electron chi connectivity index (χ3n) is 3.11. The standard InChI is InChI=1S/C11H17N/c1-2-5-12-8-11-7-9-3-4-10(11)6-9/h2-4,9-12H,1,5-8H2. The quantitative estimate of drug-likeness (QED) is 0.493. The zero-order chi connectivity index (χ0) is 8.39. The maximum absolute atomic E-state index is 3.70. The lowest BCUT2D eigenvalue weighted by atomic mass is 9.94. The van der Waals surface area contributed by atoms with Crippen molar-refractivity contribution in [2.75, 3.05) is 13.1 Å². The first-order valence-corrected chi connectivity index (χ1v) is 4.90. The minimum Gasteiger partial charge on any atom is -0.313 e. The molecule has 0 saturated heterocycles. The van der Waals surface area contributed by atoms with Crippen LogP contribution in [-0.4, -0.2) is 13.1 Å². The van der Waals surface area contributed by atoms with Crippen LogP contribution in [0.4, 0.5) is 0 Å². The molecule has 2 bridgehead atoms. The van der Waals surface area contributed by atoms with Crippen LogP contribution in [0.5, 0.6) is 0 Å². The van der Waals surface area contributed by atoms with Crippen LogP contribution in [0.25, 0.3) is 0 Å². The number of nitrogens with one attached hydrogen (secondary N) is 1. The molecule has 1 heteroatoms. The zero-order valence-electron chi connectivity index (χ0n) is 7.50. The fraction of sp³-hybridized carbons (Fsp3) is 0.636. The van der Waals surface area contributed by atoms with Crippen LogP contribution < -0.4 is 5.32 Å². The zero-order valence-corrected chi connectivity index (χ0v) is 7.50. The third kappa shape index (κ3) is 1.46. The molecular formula is C11H17N. The van der Waals surface area contributed by atoms with E-state index in [9.17, 15) is 0 Å². The predicted molar refractivity (Wildman–Crippen MR) is 51.9 cm³/mol. The van der Waals surface area contributed by atoms with E-state index in [1.54, 1.807) is 0 Å². The maximum atomic E-state index is 3.70. The van der Waals surface area contributed by atoms with Crippen LogP contribution in [-0.2, 0) is 0 Å². The lowest BCUT2D eigenvalue weighted by Gasteiger charge is -2.17. The molecule has 0 heterocycles. The molecule has 0 radical (unpaired) electrons. The van der Waals surface area contributed by atoms with E-state index in [2.05, 4.69) is 24.0 Å². The summed E-state index contributed by atoms with van der Waals surface area (Å²) in [6.07, 6.45) is 9.57. The molecule has 66 valence electrons. The number of rotatable bonds is 4. The molecular weight excluding hydrogens is 146 g/mol. The second-order valence-corrected chi connectivity index (χ2v) is 3.99. The Kier molecular flexibility index (Phi) is 2.31. The first-order chi connectivity index (χ1) is 5.90. The van der Waals surface area contributed by atoms with Gasteiger partial charge in [-0.05, 0) is 37.1 Å². The van der Waals surface area contributed by atoms with Gasteiger partial charge >= 0.3 is 0 Å². The molecule has 1 fully saturated rings. The highest BCUT2D eigenvalue weighted by Gasteiger charge is 2.34. The molecule has 3 atom stereocenters. The third-order valence-corrected chi connectivity index (χ3v) is 3.11. The first-order valence-electron chi connectivity index (χ1n) is 4.90. The van der Waals surface area contributed by atoms with Gasteiger partial charge in [-0.3, -0.25) is 0 Å². The summed E-state index contributed by atoms with van der Waals surface area (Å²) >= 11 is 0. The molecule has 0 aromatic carbocycles. The minimum atomic E-state index is 0.882. The van der Waals surface area contributed by atoms with Crippen LogP contribution in [0.15, 0.2) is 24.8 Å². The van der Waals surface area contributed by atoms with Crippen molar-refractivity contribution in [1.29, 1.82) is 0 Å². The monoisotopic (exact) mass is 163 g/mol. The molecule has 2 aliphatic rings. The van der Waals surface area contributed by atoms with Crippen LogP contribution in [0.3, 0.4) is 0 Å². The van der Waals surface area contributed by atoms with Crippen molar-refractivity contribution in [1.82, 2.24) is 5.32 Å². The number of hydrogen-bond donors (Lipinski definition) is 1. The first kappa shape index (κ1) is 8.06. The largest absolute Gasteiger partial charge is 0.313 e. The molecule has 12 heavy (non-hydrogen) atoms. The number of allylic oxidation sites excluding steroid dienone is 2. The SMILES string of the molecule is C=CCNCC1CC2C=CC1C2. The lowest BCUT2D eigenvalue weighted by Crippen LogP contribution is -2.25. The normalized spacial score (nSPS) is 37.5. The highest BCUT2D eigenvalue weighted by Crippen LogP contribution is 2.42. The summed E-state index contributed by atoms with van der Waals surface area (Å²) in [7, 11) is 0. The van der Waals surface area contributed by atoms with Crippen molar-refractivity contribution >= 4 is 0 Å². The van der Waals surface area contributed by atoms with E-state index in [1.807, 2.05) is 6.08 Å². The highest BCUT2D eigenvalue weighted by molar-refractivity contribution is 5.10. The second kappa shape index (κ2) is 3.44. The number of hydrogen-bond acceptors (Lipinski definition) is 1. The smallest absolute Gasteiger partial charge is 0.0132 e. The second-order valence-electron chi connectivity index (χ2n) is 3.99. The Morgan fingerprint density at radius 3 is 2.92 bits per heavy atom. The van der Waals surface area contributed by atoms with Gasteiger partial charge in [0.2, 0.25) is 0 Å². The van der Waals surface area contributed by atoms with E-state index in [-0.39, 0.29) is 0 Å². The molecule has 2 aliphatic carbocycles. The Bertz CT molecular complexity index is 195. The van der Waals surface area contributed by atoms with Gasteiger partial charge in [0.15, 0.2) is 0 Å². The van der Waals surface area contributed by atoms with Gasteiger partial charge in [-0.2, -0.15) is 0 Å². The number of fused-ring (bicyclic) bond motifs is 2. The van der Waals surface area contributed by atoms with Gasteiger partial charge in [-0.15, -0.1) is 6.58 Å². The summed E-state index contributed by atoms with van der Waals surface area (Å²) in [6, 6.07) is 0. The molecule has 0 amide bonds. The predicted octanol–water partition coefficient (Wildman–Crippen LogP) is 1.97. The Hall–Kier alpha value is -0.560. The molecule has 2 rings (SSSR count). The van der Waals surface area contributed by atoms with Crippen molar-refractivity contribution in [2.45, 2.75) is 12.8 Å². The van der Waals surface area contributed by atoms with E-state index in [0.717, 1.165) is 24.3 Å². The van der Waals surface area contributed by atoms with Gasteiger partial charge in [0.1, 0.15) is 0 Å². The van der Waals surface area contributed by atoms with E-state index in [4.69, 9.17) is 0 Å². The molecule has 0 aromatic rings. The summed E-state index contributed by atoms with van der Waals surface area (Å²) in [4.78, 5) is 0. The van der Waals surface area contributed by atoms with Crippen LogP contribution >= 0.6 is 0 Å². The maximum Gasteiger partial charge on any atom is 0.0132 e. The lowest BCUT2D eigenvalue weighted by molar-refractivity contribution is 0.423. The Balaban J connectivity index is 1.76. The summed E-state index contributed by atoms with van der Waals surface area (Å²) in [5.74, 6) is 2.69. The van der Waals surface area contributed by atoms with Gasteiger partial charge in [0.05, 0.1) is 0 Å². The van der Waals surface area contributed by atoms with E-state index in [0.29, 0.717) is 0 Å². The Labute approximate surface area is 74.5 Å². The molecule has 1 nitrogen and oxygen atoms in total. The molecule has 0 aliphatic heterocycles. The molecule has 1 saturated carbocycles. The van der Waals surface area contributed by atoms with Crippen LogP contribution in [0, 0.1) is 17.8 Å². The van der Waals surface area contributed by atoms with Crippen molar-refractivity contribution < 1.29 is 0 Å². The molecule has 3 unspecified atom stereocenters. The van der Waals surface area contributed by atoms with E-state index in [1.165, 1.54) is 19.4 Å². The summed E-state index contributed by atoms with van der Waals surface area (Å²) < 4.78 is 0. The molecule has 0 aromatic heterocycles. The van der Waals surface area contributed by atoms with Crippen molar-refractivity contribution in [3.8, 4) is 0 Å². The van der Waals surface area contributed by atoms with Crippen LogP contribution in [0.1, 0.15) is 12.8 Å². The van der Waals surface area contributed by atoms with Crippen molar-refractivity contribution in [2.24, 2.45) is 17.8 Å². The molecule has 0 spiro atoms. The van der Waals surface area contributed by atoms with Gasteiger partial charge in [0, 0.05) is 6.54 Å². The van der Waals surface area contributed by atoms with E-state index < -0.39 is 0 Å². The van der Waals surface area contributed by atoms with Gasteiger partial charge in [0.25, 0.3) is 0 Å². The van der Waals surface area contributed by atoms with Crippen LogP contribution in [0.2, 0.25) is 0 Å². The Morgan fingerprint density at radius 1 is 1.42 bits per heavy atom. The fourth-order valence-electron chi connectivity index (χ4n) is 2.50. The topological polar surface area (TPSA) is 12.0 Å². The minimum absolute atomic E-state index is 0.882. The Morgan fingerprint density at radius 2 is 2.33 bits per heavy atom. The summed E-state index contributed by atoms with van der Waals surface area (Å²) in [5.41, 5.74) is 0.